The van der Waals surface area contributed by atoms with Gasteiger partial charge in [-0.1, -0.05) is 194 Å². The summed E-state index contributed by atoms with van der Waals surface area (Å²) in [7, 11) is 2.11. The Kier molecular flexibility index (Phi) is 19.5. The molecule has 139 heavy (non-hydrogen) atoms. The molecule has 12 nitrogen and oxygen atoms in total. The maximum absolute atomic E-state index is 12.1. The van der Waals surface area contributed by atoms with Crippen molar-refractivity contribution in [3.63, 3.8) is 0 Å². The quantitative estimate of drug-likeness (QED) is 0.101. The molecule has 26 rings (SSSR count). The highest BCUT2D eigenvalue weighted by atomic mass is 15.0. The second kappa shape index (κ2) is 32.6. The van der Waals surface area contributed by atoms with Gasteiger partial charge in [0.15, 0.2) is 0 Å². The van der Waals surface area contributed by atoms with Crippen LogP contribution in [0.5, 0.6) is 0 Å². The molecule has 26 aromatic rings. The minimum atomic E-state index is 0.532. The molecule has 0 N–H and O–H groups in total. The Balaban J connectivity index is 0.000000147. The number of nitrogens with zero attached hydrogens (tertiary/aromatic N) is 12. The fourth-order valence-electron chi connectivity index (χ4n) is 24.4. The number of rotatable bonds is 15. The lowest BCUT2D eigenvalue weighted by molar-refractivity contribution is 0.827. The molecule has 0 amide bonds. The van der Waals surface area contributed by atoms with Gasteiger partial charge in [-0.3, -0.25) is 0 Å². The average Bonchev–Trinajstić information content (AvgIpc) is 1.69. The molecule has 0 atom stereocenters. The number of benzene rings is 18. The topological polar surface area (TPSA) is 135 Å². The highest BCUT2D eigenvalue weighted by Gasteiger charge is 2.34. The van der Waals surface area contributed by atoms with Crippen LogP contribution in [0, 0.1) is 45.3 Å². The number of aromatic nitrogens is 8. The predicted molar refractivity (Wildman–Crippen MR) is 580 cm³/mol. The Morgan fingerprint density at radius 3 is 0.439 bits per heavy atom. The van der Waals surface area contributed by atoms with Crippen molar-refractivity contribution in [3.05, 3.63) is 362 Å². The SMILES string of the molecule is CCn1c2ccccc2c2cc(-c3c(C#N)c(-c4ccc5c(c4)c4ccccc4n5CC)c(-c4ccc5c(c4)c4ccccc4n5CC)c(C#N)c3-c3ccc4c(c3)c3ccccc3n4C)ccc21.CCn1c2ccccc2c2cc(-c3c(C#N)c(-c4ccc5c(c4)c4ccccc4n5CC)c(-c4ccc5c(c4)c4ccccc4n5CC)c(C#N)c3-c3ccc4c(c3)c3ccccc3n4CC)ccc21. The molecule has 0 spiro atoms. The van der Waals surface area contributed by atoms with Gasteiger partial charge in [0.05, 0.1) is 22.3 Å². The summed E-state index contributed by atoms with van der Waals surface area (Å²) in [4.78, 5) is 0. The molecule has 0 fully saturated rings. The minimum absolute atomic E-state index is 0.532. The maximum Gasteiger partial charge on any atom is 0.100 e. The summed E-state index contributed by atoms with van der Waals surface area (Å²) in [6.45, 7) is 21.0. The first-order valence-corrected chi connectivity index (χ1v) is 48.6. The normalized spacial score (nSPS) is 11.9. The number of aryl methyl sites for hydroxylation is 8. The van der Waals surface area contributed by atoms with E-state index in [1.165, 1.54) is 38.6 Å². The molecule has 0 radical (unpaired) electrons. The van der Waals surface area contributed by atoms with Crippen LogP contribution in [0.4, 0.5) is 0 Å². The summed E-state index contributed by atoms with van der Waals surface area (Å²) < 4.78 is 18.8. The van der Waals surface area contributed by atoms with Crippen molar-refractivity contribution in [1.82, 2.24) is 36.5 Å². The third-order valence-electron chi connectivity index (χ3n) is 30.3. The van der Waals surface area contributed by atoms with Crippen molar-refractivity contribution in [2.75, 3.05) is 0 Å². The summed E-state index contributed by atoms with van der Waals surface area (Å²) in [6.07, 6.45) is 0. The lowest BCUT2D eigenvalue weighted by atomic mass is 9.77. The molecule has 662 valence electrons. The van der Waals surface area contributed by atoms with E-state index in [0.717, 1.165) is 271 Å². The standard InChI is InChI=1S/C64H48N6.C63H46N6/c1-5-67-53-21-13-9-17-43(53)47-33-39(25-29-57(47)67)61-51(37-65)63(41-27-31-59-49(35-41)45-19-11-15-23-55(45)69(59)7-3)64(42-28-32-60-50(36-42)46-20-12-16-24-56(46)70(60)8-4)52(38-66)62(61)40-26-30-58-48(34-40)44-18-10-14-22-54(44)68(58)6-2;1-5-67-54-21-13-9-17-43(54)47-33-39(25-29-57(47)67)61-51(37-65)63(41-27-31-59-49(35-41)45-19-11-15-23-56(45)69(59)7-3)62(40-26-30-58-48(34-40)44-18-10-14-22-55(44)68(58)6-2)50(36-64)60(61)38-24-28-53-46(32-38)42-16-8-12-20-52(42)66(53)4/h9-36H,5-8H2,1-4H3;8-35H,5-7H2,1-4H3. The van der Waals surface area contributed by atoms with Crippen molar-refractivity contribution in [2.24, 2.45) is 7.05 Å². The third kappa shape index (κ3) is 12.2. The van der Waals surface area contributed by atoms with Crippen LogP contribution in [0.1, 0.15) is 70.7 Å². The number of nitriles is 4. The van der Waals surface area contributed by atoms with Crippen molar-refractivity contribution < 1.29 is 0 Å². The van der Waals surface area contributed by atoms with Crippen LogP contribution in [-0.4, -0.2) is 36.5 Å². The molecular formula is C127H94N12. The maximum atomic E-state index is 12.1. The molecule has 0 aliphatic heterocycles. The highest BCUT2D eigenvalue weighted by molar-refractivity contribution is 6.21. The van der Waals surface area contributed by atoms with Gasteiger partial charge in [-0.2, -0.15) is 21.0 Å². The van der Waals surface area contributed by atoms with Gasteiger partial charge < -0.3 is 36.5 Å². The van der Waals surface area contributed by atoms with Crippen LogP contribution in [-0.2, 0) is 52.9 Å². The third-order valence-corrected chi connectivity index (χ3v) is 30.3. The smallest absolute Gasteiger partial charge is 0.100 e. The van der Waals surface area contributed by atoms with E-state index in [2.05, 4.69) is 456 Å². The van der Waals surface area contributed by atoms with Gasteiger partial charge in [0.25, 0.3) is 0 Å². The molecule has 0 unspecified atom stereocenters. The summed E-state index contributed by atoms with van der Waals surface area (Å²) in [5, 5.41) is 66.6. The largest absolute Gasteiger partial charge is 0.344 e. The van der Waals surface area contributed by atoms with E-state index < -0.39 is 0 Å². The van der Waals surface area contributed by atoms with Crippen LogP contribution in [0.25, 0.3) is 263 Å². The van der Waals surface area contributed by atoms with Crippen molar-refractivity contribution in [2.45, 2.75) is 94.3 Å². The zero-order valence-corrected chi connectivity index (χ0v) is 78.6. The van der Waals surface area contributed by atoms with Gasteiger partial charge in [-0.05, 0) is 239 Å². The van der Waals surface area contributed by atoms with E-state index in [1.54, 1.807) is 0 Å². The molecule has 0 aliphatic carbocycles. The van der Waals surface area contributed by atoms with Crippen molar-refractivity contribution in [1.29, 1.82) is 21.0 Å². The molecule has 8 aromatic heterocycles. The summed E-state index contributed by atoms with van der Waals surface area (Å²) in [6, 6.07) is 133. The monoisotopic (exact) mass is 1790 g/mol. The first-order chi connectivity index (χ1) is 68.4. The van der Waals surface area contributed by atoms with Gasteiger partial charge in [0.1, 0.15) is 24.3 Å². The lowest BCUT2D eigenvalue weighted by Crippen LogP contribution is -2.03. The van der Waals surface area contributed by atoms with Gasteiger partial charge >= 0.3 is 0 Å². The Hall–Kier alpha value is -17.7. The zero-order chi connectivity index (χ0) is 94.0. The zero-order valence-electron chi connectivity index (χ0n) is 78.6. The lowest BCUT2D eigenvalue weighted by Gasteiger charge is -2.23. The molecule has 8 heterocycles. The highest BCUT2D eigenvalue weighted by Crippen LogP contribution is 2.55. The Bertz CT molecular complexity index is 9440. The molecule has 0 saturated carbocycles. The molecule has 12 heteroatoms. The summed E-state index contributed by atoms with van der Waals surface area (Å²) >= 11 is 0. The van der Waals surface area contributed by atoms with Crippen LogP contribution in [0.2, 0.25) is 0 Å². The predicted octanol–water partition coefficient (Wildman–Crippen LogP) is 32.7. The van der Waals surface area contributed by atoms with E-state index in [4.69, 9.17) is 0 Å². The van der Waals surface area contributed by atoms with E-state index in [1.807, 2.05) is 0 Å². The molecular weight excluding hydrogens is 1690 g/mol. The Morgan fingerprint density at radius 1 is 0.158 bits per heavy atom. The average molecular weight is 1790 g/mol. The molecule has 0 bridgehead atoms. The van der Waals surface area contributed by atoms with Crippen LogP contribution in [0.15, 0.2) is 340 Å². The van der Waals surface area contributed by atoms with E-state index >= 15 is 0 Å². The first-order valence-electron chi connectivity index (χ1n) is 48.6. The second-order valence-electron chi connectivity index (χ2n) is 36.7. The fraction of sp³-hybridized carbons (Fsp3) is 0.118. The summed E-state index contributed by atoms with van der Waals surface area (Å²) in [5.74, 6) is 0. The minimum Gasteiger partial charge on any atom is -0.344 e. The molecule has 18 aromatic carbocycles. The first kappa shape index (κ1) is 83.2. The van der Waals surface area contributed by atoms with Crippen molar-refractivity contribution >= 4 is 174 Å². The van der Waals surface area contributed by atoms with Gasteiger partial charge in [-0.15, -0.1) is 0 Å². The van der Waals surface area contributed by atoms with Crippen LogP contribution >= 0.6 is 0 Å². The van der Waals surface area contributed by atoms with Gasteiger partial charge in [0, 0.05) is 272 Å². The molecule has 0 aliphatic rings. The Labute approximate surface area is 803 Å². The number of hydrogen-bond acceptors (Lipinski definition) is 4. The second-order valence-corrected chi connectivity index (χ2v) is 36.7. The van der Waals surface area contributed by atoms with Crippen LogP contribution in [0.3, 0.4) is 0 Å². The van der Waals surface area contributed by atoms with Crippen molar-refractivity contribution in [3.8, 4) is 113 Å². The molecule has 0 saturated heterocycles. The number of para-hydroxylation sites is 8. The fourth-order valence-corrected chi connectivity index (χ4v) is 24.4. The summed E-state index contributed by atoms with van der Waals surface area (Å²) in [5.41, 5.74) is 33.7. The van der Waals surface area contributed by atoms with E-state index in [9.17, 15) is 21.0 Å². The number of hydrogen-bond donors (Lipinski definition) is 0. The van der Waals surface area contributed by atoms with E-state index in [-0.39, 0.29) is 0 Å². The Morgan fingerprint density at radius 2 is 0.281 bits per heavy atom. The van der Waals surface area contributed by atoms with Gasteiger partial charge in [-0.25, -0.2) is 0 Å². The van der Waals surface area contributed by atoms with Crippen LogP contribution < -0.4 is 0 Å². The van der Waals surface area contributed by atoms with Gasteiger partial charge in [0.2, 0.25) is 0 Å². The van der Waals surface area contributed by atoms with E-state index in [0.29, 0.717) is 22.3 Å². The number of fused-ring (bicyclic) bond motifs is 24.